The average molecular weight is 286 g/mol. The Kier molecular flexibility index (Phi) is 5.11. The number of aromatic nitrogens is 2. The molecule has 1 aromatic carbocycles. The van der Waals surface area contributed by atoms with Gasteiger partial charge >= 0.3 is 0 Å². The lowest BCUT2D eigenvalue weighted by Crippen LogP contribution is -2.32. The first-order valence-electron chi connectivity index (χ1n) is 7.05. The van der Waals surface area contributed by atoms with Crippen LogP contribution in [0, 0.1) is 0 Å². The molecule has 5 heteroatoms. The quantitative estimate of drug-likeness (QED) is 0.881. The Morgan fingerprint density at radius 1 is 1.33 bits per heavy atom. The molecule has 0 bridgehead atoms. The van der Waals surface area contributed by atoms with Crippen LogP contribution in [0.2, 0.25) is 0 Å². The maximum absolute atomic E-state index is 12.4. The van der Waals surface area contributed by atoms with Crippen molar-refractivity contribution in [2.24, 2.45) is 7.05 Å². The van der Waals surface area contributed by atoms with Crippen LogP contribution in [0.25, 0.3) is 0 Å². The number of carbonyl (C=O) groups excluding carboxylic acids is 1. The van der Waals surface area contributed by atoms with Crippen molar-refractivity contribution in [3.05, 3.63) is 54.1 Å². The summed E-state index contributed by atoms with van der Waals surface area (Å²) in [5, 5.41) is 3.11. The van der Waals surface area contributed by atoms with Gasteiger partial charge in [0.15, 0.2) is 0 Å². The highest BCUT2D eigenvalue weighted by atomic mass is 16.2. The average Bonchev–Trinajstić information content (AvgIpc) is 2.90. The minimum atomic E-state index is -0.0948. The predicted octanol–water partition coefficient (Wildman–Crippen LogP) is 1.84. The number of nitrogens with zero attached hydrogens (tertiary/aromatic N) is 3. The highest BCUT2D eigenvalue weighted by Crippen LogP contribution is 2.17. The number of rotatable bonds is 6. The number of aryl methyl sites for hydroxylation is 1. The zero-order valence-corrected chi connectivity index (χ0v) is 12.8. The molecule has 1 amide bonds. The number of carbonyl (C=O) groups is 1. The molecular formula is C16H22N4O. The SMILES string of the molecule is CN(C)CCC(NC(=O)c1cncn1C)c1ccccc1. The molecule has 0 spiro atoms. The van der Waals surface area contributed by atoms with Gasteiger partial charge in [0, 0.05) is 7.05 Å². The second-order valence-corrected chi connectivity index (χ2v) is 5.42. The molecule has 1 atom stereocenters. The van der Waals surface area contributed by atoms with Gasteiger partial charge in [-0.25, -0.2) is 4.98 Å². The summed E-state index contributed by atoms with van der Waals surface area (Å²) in [6.45, 7) is 0.908. The summed E-state index contributed by atoms with van der Waals surface area (Å²) in [5.74, 6) is -0.0948. The van der Waals surface area contributed by atoms with Gasteiger partial charge in [-0.05, 0) is 32.6 Å². The molecule has 0 aliphatic heterocycles. The van der Waals surface area contributed by atoms with Gasteiger partial charge in [0.1, 0.15) is 5.69 Å². The van der Waals surface area contributed by atoms with E-state index in [-0.39, 0.29) is 11.9 Å². The zero-order chi connectivity index (χ0) is 15.2. The van der Waals surface area contributed by atoms with Gasteiger partial charge in [0.05, 0.1) is 18.6 Å². The first kappa shape index (κ1) is 15.3. The zero-order valence-electron chi connectivity index (χ0n) is 12.8. The lowest BCUT2D eigenvalue weighted by atomic mass is 10.0. The van der Waals surface area contributed by atoms with Crippen molar-refractivity contribution in [1.82, 2.24) is 19.8 Å². The topological polar surface area (TPSA) is 50.2 Å². The van der Waals surface area contributed by atoms with E-state index in [9.17, 15) is 4.79 Å². The van der Waals surface area contributed by atoms with Crippen molar-refractivity contribution in [3.63, 3.8) is 0 Å². The first-order valence-corrected chi connectivity index (χ1v) is 7.05. The van der Waals surface area contributed by atoms with Crippen LogP contribution < -0.4 is 5.32 Å². The van der Waals surface area contributed by atoms with Gasteiger partial charge in [0.25, 0.3) is 5.91 Å². The van der Waals surface area contributed by atoms with Crippen LogP contribution in [0.5, 0.6) is 0 Å². The summed E-state index contributed by atoms with van der Waals surface area (Å²) >= 11 is 0. The highest BCUT2D eigenvalue weighted by molar-refractivity contribution is 5.92. The molecule has 2 aromatic rings. The highest BCUT2D eigenvalue weighted by Gasteiger charge is 2.17. The van der Waals surface area contributed by atoms with E-state index in [2.05, 4.69) is 15.2 Å². The number of imidazole rings is 1. The minimum Gasteiger partial charge on any atom is -0.344 e. The van der Waals surface area contributed by atoms with Crippen molar-refractivity contribution in [2.45, 2.75) is 12.5 Å². The standard InChI is InChI=1S/C16H22N4O/c1-19(2)10-9-14(13-7-5-4-6-8-13)18-16(21)15-11-17-12-20(15)3/h4-8,11-12,14H,9-10H2,1-3H3,(H,18,21). The summed E-state index contributed by atoms with van der Waals surface area (Å²) < 4.78 is 1.73. The maximum Gasteiger partial charge on any atom is 0.270 e. The maximum atomic E-state index is 12.4. The third-order valence-electron chi connectivity index (χ3n) is 3.42. The van der Waals surface area contributed by atoms with E-state index < -0.39 is 0 Å². The molecule has 5 nitrogen and oxygen atoms in total. The molecule has 0 aliphatic carbocycles. The molecule has 0 aliphatic rings. The van der Waals surface area contributed by atoms with Crippen LogP contribution >= 0.6 is 0 Å². The van der Waals surface area contributed by atoms with E-state index in [1.807, 2.05) is 51.5 Å². The van der Waals surface area contributed by atoms with Crippen LogP contribution in [0.4, 0.5) is 0 Å². The van der Waals surface area contributed by atoms with E-state index in [1.165, 1.54) is 0 Å². The third kappa shape index (κ3) is 4.16. The lowest BCUT2D eigenvalue weighted by Gasteiger charge is -2.21. The second-order valence-electron chi connectivity index (χ2n) is 5.42. The summed E-state index contributed by atoms with van der Waals surface area (Å²) in [7, 11) is 5.88. The van der Waals surface area contributed by atoms with Gasteiger partial charge in [-0.3, -0.25) is 4.79 Å². The van der Waals surface area contributed by atoms with E-state index in [4.69, 9.17) is 0 Å². The van der Waals surface area contributed by atoms with Crippen molar-refractivity contribution < 1.29 is 4.79 Å². The summed E-state index contributed by atoms with van der Waals surface area (Å²) in [6.07, 6.45) is 4.08. The number of amides is 1. The molecule has 1 N–H and O–H groups in total. The van der Waals surface area contributed by atoms with Crippen molar-refractivity contribution in [2.75, 3.05) is 20.6 Å². The van der Waals surface area contributed by atoms with E-state index in [1.54, 1.807) is 17.1 Å². The largest absolute Gasteiger partial charge is 0.344 e. The van der Waals surface area contributed by atoms with Gasteiger partial charge in [0.2, 0.25) is 0 Å². The monoisotopic (exact) mass is 286 g/mol. The Labute approximate surface area is 125 Å². The lowest BCUT2D eigenvalue weighted by molar-refractivity contribution is 0.0924. The second kappa shape index (κ2) is 7.04. The Morgan fingerprint density at radius 2 is 2.05 bits per heavy atom. The van der Waals surface area contributed by atoms with Crippen LogP contribution in [-0.4, -0.2) is 41.0 Å². The van der Waals surface area contributed by atoms with Gasteiger partial charge in [-0.2, -0.15) is 0 Å². The van der Waals surface area contributed by atoms with Crippen LogP contribution in [0.3, 0.4) is 0 Å². The molecule has 112 valence electrons. The number of benzene rings is 1. The van der Waals surface area contributed by atoms with Crippen molar-refractivity contribution >= 4 is 5.91 Å². The number of hydrogen-bond donors (Lipinski definition) is 1. The summed E-state index contributed by atoms with van der Waals surface area (Å²) in [6, 6.07) is 10.1. The minimum absolute atomic E-state index is 0.00370. The predicted molar refractivity (Wildman–Crippen MR) is 83.0 cm³/mol. The first-order chi connectivity index (χ1) is 10.1. The van der Waals surface area contributed by atoms with E-state index >= 15 is 0 Å². The normalized spacial score (nSPS) is 12.4. The third-order valence-corrected chi connectivity index (χ3v) is 3.42. The fourth-order valence-electron chi connectivity index (χ4n) is 2.20. The molecule has 1 heterocycles. The van der Waals surface area contributed by atoms with Crippen LogP contribution in [-0.2, 0) is 7.05 Å². The Hall–Kier alpha value is -2.14. The van der Waals surface area contributed by atoms with Crippen LogP contribution in [0.1, 0.15) is 28.5 Å². The molecular weight excluding hydrogens is 264 g/mol. The Morgan fingerprint density at radius 3 is 2.62 bits per heavy atom. The molecule has 1 aromatic heterocycles. The Bertz CT molecular complexity index is 577. The molecule has 2 rings (SSSR count). The van der Waals surface area contributed by atoms with Crippen LogP contribution in [0.15, 0.2) is 42.9 Å². The fourth-order valence-corrected chi connectivity index (χ4v) is 2.20. The number of nitrogens with one attached hydrogen (secondary N) is 1. The van der Waals surface area contributed by atoms with Gasteiger partial charge in [-0.1, -0.05) is 30.3 Å². The van der Waals surface area contributed by atoms with Gasteiger partial charge < -0.3 is 14.8 Å². The smallest absolute Gasteiger partial charge is 0.270 e. The van der Waals surface area contributed by atoms with Crippen molar-refractivity contribution in [3.8, 4) is 0 Å². The molecule has 1 unspecified atom stereocenters. The Balaban J connectivity index is 2.12. The summed E-state index contributed by atoms with van der Waals surface area (Å²) in [4.78, 5) is 18.5. The van der Waals surface area contributed by atoms with E-state index in [0.29, 0.717) is 5.69 Å². The molecule has 0 fully saturated rings. The summed E-state index contributed by atoms with van der Waals surface area (Å²) in [5.41, 5.74) is 1.69. The van der Waals surface area contributed by atoms with Gasteiger partial charge in [-0.15, -0.1) is 0 Å². The molecule has 0 radical (unpaired) electrons. The number of hydrogen-bond acceptors (Lipinski definition) is 3. The van der Waals surface area contributed by atoms with E-state index in [0.717, 1.165) is 18.5 Å². The van der Waals surface area contributed by atoms with Crippen molar-refractivity contribution in [1.29, 1.82) is 0 Å². The molecule has 0 saturated heterocycles. The fraction of sp³-hybridized carbons (Fsp3) is 0.375. The molecule has 0 saturated carbocycles. The molecule has 21 heavy (non-hydrogen) atoms.